The molecule has 0 aromatic carbocycles. The lowest BCUT2D eigenvalue weighted by molar-refractivity contribution is 0.249. The summed E-state index contributed by atoms with van der Waals surface area (Å²) in [4.78, 5) is 24.9. The third-order valence-corrected chi connectivity index (χ3v) is 3.40. The van der Waals surface area contributed by atoms with Gasteiger partial charge in [-0.2, -0.15) is 9.61 Å². The lowest BCUT2D eigenvalue weighted by Crippen LogP contribution is -2.32. The van der Waals surface area contributed by atoms with Crippen molar-refractivity contribution < 1.29 is 4.79 Å². The van der Waals surface area contributed by atoms with Crippen LogP contribution in [-0.4, -0.2) is 30.6 Å². The number of hydrogen-bond donors (Lipinski definition) is 2. The van der Waals surface area contributed by atoms with Crippen LogP contribution in [0.5, 0.6) is 0 Å². The van der Waals surface area contributed by atoms with Crippen LogP contribution in [0.3, 0.4) is 0 Å². The summed E-state index contributed by atoms with van der Waals surface area (Å²) in [6.45, 7) is 5.59. The van der Waals surface area contributed by atoms with E-state index in [1.807, 2.05) is 26.8 Å². The van der Waals surface area contributed by atoms with Gasteiger partial charge in [-0.3, -0.25) is 15.3 Å². The summed E-state index contributed by atoms with van der Waals surface area (Å²) in [5, 5.41) is 9.93. The lowest BCUT2D eigenvalue weighted by Gasteiger charge is -2.15. The van der Waals surface area contributed by atoms with Gasteiger partial charge in [-0.25, -0.2) is 9.78 Å². The number of nitrogens with one attached hydrogen (secondary N) is 2. The summed E-state index contributed by atoms with van der Waals surface area (Å²) < 4.78 is 1.59. The maximum atomic E-state index is 12.2. The fourth-order valence-corrected chi connectivity index (χ4v) is 2.37. The van der Waals surface area contributed by atoms with Gasteiger partial charge in [0.2, 0.25) is 0 Å². The van der Waals surface area contributed by atoms with Gasteiger partial charge in [-0.05, 0) is 26.8 Å². The van der Waals surface area contributed by atoms with Gasteiger partial charge in [0.1, 0.15) is 5.82 Å². The zero-order chi connectivity index (χ0) is 16.4. The molecule has 118 valence electrons. The van der Waals surface area contributed by atoms with Crippen LogP contribution in [0.25, 0.3) is 5.65 Å². The zero-order valence-corrected chi connectivity index (χ0v) is 13.1. The highest BCUT2D eigenvalue weighted by Crippen LogP contribution is 2.13. The molecule has 0 aliphatic carbocycles. The maximum absolute atomic E-state index is 12.2. The molecule has 0 aliphatic heterocycles. The van der Waals surface area contributed by atoms with Gasteiger partial charge in [-0.15, -0.1) is 0 Å². The van der Waals surface area contributed by atoms with E-state index >= 15 is 0 Å². The number of hydrogen-bond acceptors (Lipinski definition) is 5. The Balaban J connectivity index is 1.75. The number of urea groups is 1. The van der Waals surface area contributed by atoms with Crippen LogP contribution in [0.2, 0.25) is 0 Å². The van der Waals surface area contributed by atoms with Crippen molar-refractivity contribution in [3.8, 4) is 0 Å². The SMILES string of the molecule is Cc1cc2nccc(NC(=O)NC(C)c3nccnc3C)n2n1. The summed E-state index contributed by atoms with van der Waals surface area (Å²) in [5.41, 5.74) is 3.03. The van der Waals surface area contributed by atoms with Crippen LogP contribution in [0.15, 0.2) is 30.7 Å². The molecule has 8 nitrogen and oxygen atoms in total. The molecule has 1 unspecified atom stereocenters. The summed E-state index contributed by atoms with van der Waals surface area (Å²) >= 11 is 0. The monoisotopic (exact) mass is 311 g/mol. The minimum Gasteiger partial charge on any atom is -0.330 e. The number of rotatable bonds is 3. The van der Waals surface area contributed by atoms with Crippen LogP contribution in [-0.2, 0) is 0 Å². The molecule has 0 radical (unpaired) electrons. The normalized spacial score (nSPS) is 12.1. The summed E-state index contributed by atoms with van der Waals surface area (Å²) in [6, 6.07) is 2.93. The second-order valence-corrected chi connectivity index (χ2v) is 5.23. The second-order valence-electron chi connectivity index (χ2n) is 5.23. The predicted octanol–water partition coefficient (Wildman–Crippen LogP) is 2.02. The quantitative estimate of drug-likeness (QED) is 0.771. The molecule has 3 aromatic heterocycles. The van der Waals surface area contributed by atoms with Crippen molar-refractivity contribution in [2.75, 3.05) is 5.32 Å². The van der Waals surface area contributed by atoms with E-state index in [9.17, 15) is 4.79 Å². The molecule has 0 saturated carbocycles. The highest BCUT2D eigenvalue weighted by atomic mass is 16.2. The van der Waals surface area contributed by atoms with Crippen LogP contribution < -0.4 is 10.6 Å². The Morgan fingerprint density at radius 3 is 2.74 bits per heavy atom. The highest BCUT2D eigenvalue weighted by molar-refractivity contribution is 5.88. The smallest absolute Gasteiger partial charge is 0.320 e. The van der Waals surface area contributed by atoms with E-state index in [0.717, 1.165) is 17.1 Å². The third kappa shape index (κ3) is 3.10. The first kappa shape index (κ1) is 14.9. The maximum Gasteiger partial charge on any atom is 0.320 e. The number of nitrogens with zero attached hydrogens (tertiary/aromatic N) is 5. The first-order valence-corrected chi connectivity index (χ1v) is 7.21. The number of aromatic nitrogens is 5. The molecule has 3 heterocycles. The van der Waals surface area contributed by atoms with E-state index in [4.69, 9.17) is 0 Å². The number of fused-ring (bicyclic) bond motifs is 1. The average molecular weight is 311 g/mol. The van der Waals surface area contributed by atoms with Crippen molar-refractivity contribution in [2.45, 2.75) is 26.8 Å². The molecule has 0 aliphatic rings. The number of aryl methyl sites for hydroxylation is 2. The van der Waals surface area contributed by atoms with Crippen LogP contribution in [0.4, 0.5) is 10.6 Å². The largest absolute Gasteiger partial charge is 0.330 e. The average Bonchev–Trinajstić information content (AvgIpc) is 2.89. The summed E-state index contributed by atoms with van der Waals surface area (Å²) in [7, 11) is 0. The van der Waals surface area contributed by atoms with E-state index in [1.165, 1.54) is 0 Å². The van der Waals surface area contributed by atoms with Gasteiger partial charge in [0.15, 0.2) is 5.65 Å². The van der Waals surface area contributed by atoms with Gasteiger partial charge in [0, 0.05) is 24.7 Å². The standard InChI is InChI=1S/C15H17N7O/c1-9-8-13-17-5-4-12(22(13)21-9)20-15(23)19-11(3)14-10(2)16-6-7-18-14/h4-8,11H,1-3H3,(H2,19,20,23). The minimum absolute atomic E-state index is 0.264. The topological polar surface area (TPSA) is 97.1 Å². The molecule has 0 spiro atoms. The van der Waals surface area contributed by atoms with Gasteiger partial charge >= 0.3 is 6.03 Å². The number of carbonyl (C=O) groups is 1. The predicted molar refractivity (Wildman–Crippen MR) is 85.1 cm³/mol. The van der Waals surface area contributed by atoms with Crippen LogP contribution >= 0.6 is 0 Å². The van der Waals surface area contributed by atoms with Gasteiger partial charge in [-0.1, -0.05) is 0 Å². The molecule has 2 N–H and O–H groups in total. The van der Waals surface area contributed by atoms with Gasteiger partial charge < -0.3 is 5.32 Å². The molecule has 3 aromatic rings. The summed E-state index contributed by atoms with van der Waals surface area (Å²) in [5.74, 6) is 0.545. The number of carbonyl (C=O) groups excluding carboxylic acids is 1. The molecule has 23 heavy (non-hydrogen) atoms. The Kier molecular flexibility index (Phi) is 3.88. The summed E-state index contributed by atoms with van der Waals surface area (Å²) in [6.07, 6.45) is 4.86. The van der Waals surface area contributed by atoms with Gasteiger partial charge in [0.05, 0.1) is 23.1 Å². The lowest BCUT2D eigenvalue weighted by atomic mass is 10.2. The van der Waals surface area contributed by atoms with Crippen LogP contribution in [0.1, 0.15) is 30.0 Å². The minimum atomic E-state index is -0.344. The molecular weight excluding hydrogens is 294 g/mol. The van der Waals surface area contributed by atoms with E-state index in [0.29, 0.717) is 11.5 Å². The Morgan fingerprint density at radius 2 is 1.96 bits per heavy atom. The van der Waals surface area contributed by atoms with Crippen molar-refractivity contribution in [1.82, 2.24) is 29.9 Å². The van der Waals surface area contributed by atoms with Crippen molar-refractivity contribution in [2.24, 2.45) is 0 Å². The van der Waals surface area contributed by atoms with Crippen LogP contribution in [0, 0.1) is 13.8 Å². The van der Waals surface area contributed by atoms with Crippen molar-refractivity contribution in [3.63, 3.8) is 0 Å². The first-order chi connectivity index (χ1) is 11.0. The van der Waals surface area contributed by atoms with E-state index in [1.54, 1.807) is 29.2 Å². The number of amides is 2. The molecule has 3 rings (SSSR count). The molecule has 0 fully saturated rings. The van der Waals surface area contributed by atoms with Crippen molar-refractivity contribution in [1.29, 1.82) is 0 Å². The second kappa shape index (κ2) is 5.99. The fourth-order valence-electron chi connectivity index (χ4n) is 2.37. The molecule has 2 amide bonds. The third-order valence-electron chi connectivity index (χ3n) is 3.40. The first-order valence-electron chi connectivity index (χ1n) is 7.21. The fraction of sp³-hybridized carbons (Fsp3) is 0.267. The van der Waals surface area contributed by atoms with E-state index in [2.05, 4.69) is 30.7 Å². The van der Waals surface area contributed by atoms with Gasteiger partial charge in [0.25, 0.3) is 0 Å². The molecule has 1 atom stereocenters. The molecule has 0 bridgehead atoms. The Labute approximate surface area is 133 Å². The molecular formula is C15H17N7O. The molecule has 0 saturated heterocycles. The highest BCUT2D eigenvalue weighted by Gasteiger charge is 2.14. The number of anilines is 1. The molecule has 8 heteroatoms. The zero-order valence-electron chi connectivity index (χ0n) is 13.1. The van der Waals surface area contributed by atoms with Crippen molar-refractivity contribution in [3.05, 3.63) is 47.8 Å². The Hall–Kier alpha value is -3.03. The van der Waals surface area contributed by atoms with Crippen molar-refractivity contribution >= 4 is 17.5 Å². The Bertz CT molecular complexity index is 858. The van der Waals surface area contributed by atoms with E-state index in [-0.39, 0.29) is 12.1 Å². The van der Waals surface area contributed by atoms with E-state index < -0.39 is 0 Å². The Morgan fingerprint density at radius 1 is 1.17 bits per heavy atom.